The smallest absolute Gasteiger partial charge is 0.254 e. The normalized spacial score (nSPS) is 20.7. The molecule has 300 valence electrons. The number of primary amides is 1. The molecule has 2 saturated heterocycles. The Morgan fingerprint density at radius 3 is 2.47 bits per heavy atom. The highest BCUT2D eigenvalue weighted by Crippen LogP contribution is 2.36. The molecule has 2 aromatic heterocycles. The summed E-state index contributed by atoms with van der Waals surface area (Å²) in [4.78, 5) is 63.2. The van der Waals surface area contributed by atoms with Gasteiger partial charge in [-0.3, -0.25) is 34.4 Å². The van der Waals surface area contributed by atoms with Crippen molar-refractivity contribution in [3.8, 4) is 0 Å². The summed E-state index contributed by atoms with van der Waals surface area (Å²) in [6.45, 7) is 7.92. The number of benzene rings is 2. The second kappa shape index (κ2) is 15.9. The number of carbonyl (C=O) groups excluding carboxylic acids is 4. The molecule has 58 heavy (non-hydrogen) atoms. The number of imide groups is 1. The van der Waals surface area contributed by atoms with E-state index in [2.05, 4.69) is 41.8 Å². The molecule has 4 aliphatic rings. The van der Waals surface area contributed by atoms with Crippen molar-refractivity contribution in [3.63, 3.8) is 0 Å². The Morgan fingerprint density at radius 1 is 0.983 bits per heavy atom. The van der Waals surface area contributed by atoms with Crippen molar-refractivity contribution >= 4 is 58.4 Å². The molecule has 14 nitrogen and oxygen atoms in total. The van der Waals surface area contributed by atoms with Gasteiger partial charge in [-0.05, 0) is 79.8 Å². The van der Waals surface area contributed by atoms with E-state index in [1.54, 1.807) is 17.0 Å². The molecule has 16 heteroatoms. The number of nitrogens with one attached hydrogen (secondary N) is 3. The molecule has 4 aromatic rings. The summed E-state index contributed by atoms with van der Waals surface area (Å²) < 4.78 is 31.9. The number of amides is 4. The number of pyridine rings is 1. The van der Waals surface area contributed by atoms with Crippen LogP contribution in [-0.2, 0) is 33.8 Å². The number of anilines is 4. The predicted octanol–water partition coefficient (Wildman–Crippen LogP) is 4.26. The molecule has 3 unspecified atom stereocenters. The minimum absolute atomic E-state index is 0.0467. The van der Waals surface area contributed by atoms with Crippen molar-refractivity contribution in [2.45, 2.75) is 58.0 Å². The molecule has 4 amide bonds. The third-order valence-electron chi connectivity index (χ3n) is 11.3. The lowest BCUT2D eigenvalue weighted by atomic mass is 9.89. The largest absolute Gasteiger partial charge is 0.369 e. The van der Waals surface area contributed by atoms with Crippen molar-refractivity contribution in [1.29, 1.82) is 0 Å². The van der Waals surface area contributed by atoms with Gasteiger partial charge in [0.25, 0.3) is 11.8 Å². The number of nitrogens with two attached hydrogens (primary N) is 1. The molecule has 0 spiro atoms. The molecule has 2 aromatic carbocycles. The molecule has 5 N–H and O–H groups in total. The lowest BCUT2D eigenvalue weighted by Crippen LogP contribution is -2.47. The number of aliphatic imine (C=N–C) groups is 1. The summed E-state index contributed by atoms with van der Waals surface area (Å²) in [6, 6.07) is 13.5. The fourth-order valence-electron chi connectivity index (χ4n) is 8.22. The minimum atomic E-state index is -1.02. The Labute approximate surface area is 333 Å². The number of hydrogen-bond acceptors (Lipinski definition) is 10. The van der Waals surface area contributed by atoms with E-state index < -0.39 is 41.3 Å². The maximum atomic E-state index is 15.1. The molecule has 3 atom stereocenters. The van der Waals surface area contributed by atoms with E-state index >= 15 is 8.78 Å². The zero-order chi connectivity index (χ0) is 40.7. The lowest BCUT2D eigenvalue weighted by Gasteiger charge is -2.36. The van der Waals surface area contributed by atoms with Crippen LogP contribution in [0.4, 0.5) is 31.8 Å². The summed E-state index contributed by atoms with van der Waals surface area (Å²) >= 11 is 0. The number of aryl methyl sites for hydroxylation is 3. The first-order valence-electron chi connectivity index (χ1n) is 19.5. The maximum Gasteiger partial charge on any atom is 0.254 e. The average Bonchev–Trinajstić information content (AvgIpc) is 3.45. The topological polar surface area (TPSA) is 180 Å². The number of nitrogens with zero attached hydrogens (tertiary/aromatic N) is 6. The van der Waals surface area contributed by atoms with Gasteiger partial charge in [-0.25, -0.2) is 18.4 Å². The summed E-state index contributed by atoms with van der Waals surface area (Å²) in [5, 5.41) is 13.3. The van der Waals surface area contributed by atoms with Crippen molar-refractivity contribution in [2.75, 3.05) is 48.3 Å². The Balaban J connectivity index is 0.891. The molecule has 0 saturated carbocycles. The number of halogens is 2. The highest BCUT2D eigenvalue weighted by atomic mass is 19.1. The first kappa shape index (κ1) is 38.6. The van der Waals surface area contributed by atoms with Gasteiger partial charge in [0.05, 0.1) is 5.92 Å². The van der Waals surface area contributed by atoms with Gasteiger partial charge in [-0.1, -0.05) is 19.1 Å². The molecule has 2 fully saturated rings. The average molecular weight is 791 g/mol. The van der Waals surface area contributed by atoms with Gasteiger partial charge in [0.15, 0.2) is 0 Å². The van der Waals surface area contributed by atoms with E-state index in [4.69, 9.17) is 10.8 Å². The van der Waals surface area contributed by atoms with Crippen LogP contribution >= 0.6 is 0 Å². The molecule has 0 bridgehead atoms. The number of dihydropyridines is 1. The predicted molar refractivity (Wildman–Crippen MR) is 215 cm³/mol. The molecule has 0 radical (unpaired) electrons. The monoisotopic (exact) mass is 790 g/mol. The number of allylic oxidation sites excluding steroid dienone is 1. The summed E-state index contributed by atoms with van der Waals surface area (Å²) in [5.74, 6) is -3.89. The van der Waals surface area contributed by atoms with Gasteiger partial charge in [0.1, 0.15) is 40.6 Å². The molecular weight excluding hydrogens is 747 g/mol. The van der Waals surface area contributed by atoms with E-state index in [0.717, 1.165) is 48.8 Å². The van der Waals surface area contributed by atoms with Crippen molar-refractivity contribution in [1.82, 2.24) is 25.0 Å². The van der Waals surface area contributed by atoms with Crippen LogP contribution < -0.4 is 26.6 Å². The Kier molecular flexibility index (Phi) is 10.6. The van der Waals surface area contributed by atoms with Gasteiger partial charge in [0.2, 0.25) is 11.8 Å². The number of hydrogen-bond donors (Lipinski definition) is 4. The minimum Gasteiger partial charge on any atom is -0.369 e. The van der Waals surface area contributed by atoms with Crippen LogP contribution in [0.3, 0.4) is 0 Å². The van der Waals surface area contributed by atoms with Crippen LogP contribution in [-0.4, -0.2) is 88.3 Å². The quantitative estimate of drug-likeness (QED) is 0.180. The summed E-state index contributed by atoms with van der Waals surface area (Å²) in [7, 11) is 0. The maximum absolute atomic E-state index is 15.1. The fourth-order valence-corrected chi connectivity index (χ4v) is 8.22. The highest BCUT2D eigenvalue weighted by Gasteiger charge is 2.34. The van der Waals surface area contributed by atoms with E-state index in [-0.39, 0.29) is 35.8 Å². The third-order valence-corrected chi connectivity index (χ3v) is 11.3. The molecule has 4 aliphatic heterocycles. The zero-order valence-corrected chi connectivity index (χ0v) is 32.2. The molecule has 6 heterocycles. The second-order valence-corrected chi connectivity index (χ2v) is 15.3. The van der Waals surface area contributed by atoms with E-state index in [1.165, 1.54) is 12.1 Å². The van der Waals surface area contributed by atoms with Crippen LogP contribution in [0.5, 0.6) is 0 Å². The Hall–Kier alpha value is -6.29. The standard InChI is InChI=1S/C42H44F2N10O4/c1-23-18-27(22-46-37(23)42(58)49-33-5-3-4-24(2)47-33)38-36(39(45)56)40-48-32-8-6-28(21-26(32)11-13-54(40)51-38)53-16-14-52(15-17-53)12-10-25-19-30(43)35(31(44)20-25)29-7-9-34(55)50-41(29)57/h3-6,8,18-23,29,37,48H,7,9-17H2,1-2H3,(H2,45,56)(H,47,49,58)(H,50,55,57). The zero-order valence-electron chi connectivity index (χ0n) is 32.2. The van der Waals surface area contributed by atoms with Crippen LogP contribution in [0.1, 0.15) is 64.1 Å². The first-order valence-corrected chi connectivity index (χ1v) is 19.5. The van der Waals surface area contributed by atoms with Crippen LogP contribution in [0, 0.1) is 24.5 Å². The number of aromatic nitrogens is 3. The first-order chi connectivity index (χ1) is 27.9. The summed E-state index contributed by atoms with van der Waals surface area (Å²) in [6.07, 6.45) is 4.69. The molecule has 8 rings (SSSR count). The van der Waals surface area contributed by atoms with Crippen molar-refractivity contribution in [3.05, 3.63) is 99.9 Å². The highest BCUT2D eigenvalue weighted by molar-refractivity contribution is 6.16. The van der Waals surface area contributed by atoms with Crippen LogP contribution in [0.25, 0.3) is 5.57 Å². The SMILES string of the molecule is Cc1cccc(NC(=O)C2N=CC(c3nn4c(c3C(N)=O)Nc3ccc(N5CCN(CCc6cc(F)c(C7CCC(=O)NC7=O)c(F)c6)CC5)cc3CC4)=CC2C)n1. The second-order valence-electron chi connectivity index (χ2n) is 15.3. The molecular formula is C42H44F2N10O4. The number of rotatable bonds is 9. The lowest BCUT2D eigenvalue weighted by molar-refractivity contribution is -0.134. The van der Waals surface area contributed by atoms with Gasteiger partial charge in [-0.15, -0.1) is 0 Å². The number of piperidine rings is 1. The number of fused-ring (bicyclic) bond motifs is 2. The van der Waals surface area contributed by atoms with E-state index in [1.807, 2.05) is 44.2 Å². The van der Waals surface area contributed by atoms with Crippen LogP contribution in [0.2, 0.25) is 0 Å². The third kappa shape index (κ3) is 7.83. The van der Waals surface area contributed by atoms with Crippen molar-refractivity contribution in [2.24, 2.45) is 16.6 Å². The number of piperazine rings is 1. The molecule has 0 aliphatic carbocycles. The van der Waals surface area contributed by atoms with Gasteiger partial charge in [-0.2, -0.15) is 5.10 Å². The number of carbonyl (C=O) groups is 4. The van der Waals surface area contributed by atoms with Gasteiger partial charge in [0, 0.05) is 86.0 Å². The van der Waals surface area contributed by atoms with Crippen molar-refractivity contribution < 1.29 is 28.0 Å². The van der Waals surface area contributed by atoms with E-state index in [9.17, 15) is 19.2 Å². The summed E-state index contributed by atoms with van der Waals surface area (Å²) in [5.41, 5.74) is 11.2. The van der Waals surface area contributed by atoms with E-state index in [0.29, 0.717) is 54.4 Å². The Bertz CT molecular complexity index is 2360. The van der Waals surface area contributed by atoms with Crippen LogP contribution in [0.15, 0.2) is 59.6 Å². The van der Waals surface area contributed by atoms with Gasteiger partial charge >= 0.3 is 0 Å². The van der Waals surface area contributed by atoms with Gasteiger partial charge < -0.3 is 21.3 Å². The fraction of sp³-hybridized carbons (Fsp3) is 0.357. The Morgan fingerprint density at radius 2 is 1.76 bits per heavy atom.